The SMILES string of the molecule is Cc1nc(N(C)CC(=O)NC2CC2)cc(=O)[nH]1. The van der Waals surface area contributed by atoms with Gasteiger partial charge in [0.2, 0.25) is 5.91 Å². The standard InChI is InChI=1S/C11H16N4O2/c1-7-12-9(5-10(16)13-7)15(2)6-11(17)14-8-3-4-8/h5,8H,3-4,6H2,1-2H3,(H,14,17)(H,12,13,16). The van der Waals surface area contributed by atoms with Gasteiger partial charge in [0, 0.05) is 19.2 Å². The Morgan fingerprint density at radius 2 is 2.35 bits per heavy atom. The maximum atomic E-state index is 11.6. The molecule has 6 heteroatoms. The minimum absolute atomic E-state index is 0.0327. The molecule has 1 aliphatic carbocycles. The Balaban J connectivity index is 2.00. The molecule has 0 unspecified atom stereocenters. The van der Waals surface area contributed by atoms with Gasteiger partial charge in [-0.05, 0) is 19.8 Å². The molecule has 0 aromatic carbocycles. The number of H-pyrrole nitrogens is 1. The third kappa shape index (κ3) is 3.30. The van der Waals surface area contributed by atoms with Gasteiger partial charge < -0.3 is 15.2 Å². The Labute approximate surface area is 99.1 Å². The summed E-state index contributed by atoms with van der Waals surface area (Å²) >= 11 is 0. The Bertz CT molecular complexity index is 479. The number of likely N-dealkylation sites (N-methyl/N-ethyl adjacent to an activating group) is 1. The number of rotatable bonds is 4. The molecule has 0 atom stereocenters. The molecule has 2 rings (SSSR count). The van der Waals surface area contributed by atoms with Crippen LogP contribution >= 0.6 is 0 Å². The number of carbonyl (C=O) groups excluding carboxylic acids is 1. The molecule has 1 heterocycles. The first kappa shape index (κ1) is 11.6. The first-order chi connectivity index (χ1) is 8.04. The van der Waals surface area contributed by atoms with Gasteiger partial charge in [0.05, 0.1) is 6.54 Å². The van der Waals surface area contributed by atoms with Crippen LogP contribution in [0.15, 0.2) is 10.9 Å². The summed E-state index contributed by atoms with van der Waals surface area (Å²) in [6, 6.07) is 1.74. The van der Waals surface area contributed by atoms with E-state index in [1.54, 1.807) is 18.9 Å². The van der Waals surface area contributed by atoms with Crippen molar-refractivity contribution < 1.29 is 4.79 Å². The summed E-state index contributed by atoms with van der Waals surface area (Å²) in [5, 5.41) is 2.89. The van der Waals surface area contributed by atoms with Crippen molar-refractivity contribution in [2.24, 2.45) is 0 Å². The lowest BCUT2D eigenvalue weighted by atomic mass is 10.4. The van der Waals surface area contributed by atoms with Gasteiger partial charge in [-0.3, -0.25) is 9.59 Å². The van der Waals surface area contributed by atoms with Crippen LogP contribution in [0.2, 0.25) is 0 Å². The van der Waals surface area contributed by atoms with E-state index in [2.05, 4.69) is 15.3 Å². The van der Waals surface area contributed by atoms with Crippen LogP contribution in [-0.4, -0.2) is 35.5 Å². The van der Waals surface area contributed by atoms with E-state index in [0.717, 1.165) is 12.8 Å². The van der Waals surface area contributed by atoms with Crippen molar-refractivity contribution in [1.29, 1.82) is 0 Å². The summed E-state index contributed by atoms with van der Waals surface area (Å²) in [7, 11) is 1.74. The van der Waals surface area contributed by atoms with Crippen LogP contribution in [0, 0.1) is 6.92 Å². The lowest BCUT2D eigenvalue weighted by Gasteiger charge is -2.17. The first-order valence-corrected chi connectivity index (χ1v) is 5.63. The van der Waals surface area contributed by atoms with E-state index in [-0.39, 0.29) is 18.0 Å². The summed E-state index contributed by atoms with van der Waals surface area (Å²) in [6.45, 7) is 1.93. The third-order valence-corrected chi connectivity index (χ3v) is 2.56. The summed E-state index contributed by atoms with van der Waals surface area (Å²) < 4.78 is 0. The molecule has 1 aliphatic rings. The zero-order chi connectivity index (χ0) is 12.4. The highest BCUT2D eigenvalue weighted by Gasteiger charge is 2.23. The van der Waals surface area contributed by atoms with Crippen LogP contribution in [0.5, 0.6) is 0 Å². The van der Waals surface area contributed by atoms with Crippen LogP contribution in [0.1, 0.15) is 18.7 Å². The molecule has 1 fully saturated rings. The number of aryl methyl sites for hydroxylation is 1. The molecule has 0 bridgehead atoms. The Morgan fingerprint density at radius 3 is 2.94 bits per heavy atom. The minimum atomic E-state index is -0.207. The van der Waals surface area contributed by atoms with Crippen LogP contribution in [0.3, 0.4) is 0 Å². The molecular weight excluding hydrogens is 220 g/mol. The average Bonchev–Trinajstić information content (AvgIpc) is 2.99. The number of nitrogens with zero attached hydrogens (tertiary/aromatic N) is 2. The normalized spacial score (nSPS) is 14.5. The van der Waals surface area contributed by atoms with Gasteiger partial charge in [0.1, 0.15) is 11.6 Å². The van der Waals surface area contributed by atoms with Gasteiger partial charge in [-0.1, -0.05) is 0 Å². The molecule has 1 saturated carbocycles. The quantitative estimate of drug-likeness (QED) is 0.758. The Kier molecular flexibility index (Phi) is 3.12. The van der Waals surface area contributed by atoms with Crippen molar-refractivity contribution in [3.05, 3.63) is 22.2 Å². The molecule has 0 radical (unpaired) electrons. The van der Waals surface area contributed by atoms with Gasteiger partial charge in [0.25, 0.3) is 5.56 Å². The van der Waals surface area contributed by atoms with E-state index in [1.165, 1.54) is 6.07 Å². The zero-order valence-corrected chi connectivity index (χ0v) is 9.99. The average molecular weight is 236 g/mol. The molecule has 1 aromatic rings. The van der Waals surface area contributed by atoms with Crippen molar-refractivity contribution in [1.82, 2.24) is 15.3 Å². The number of hydrogen-bond acceptors (Lipinski definition) is 4. The fourth-order valence-electron chi connectivity index (χ4n) is 1.56. The van der Waals surface area contributed by atoms with Gasteiger partial charge in [-0.2, -0.15) is 0 Å². The predicted molar refractivity (Wildman–Crippen MR) is 64.0 cm³/mol. The van der Waals surface area contributed by atoms with E-state index >= 15 is 0 Å². The van der Waals surface area contributed by atoms with Crippen LogP contribution in [0.4, 0.5) is 5.82 Å². The van der Waals surface area contributed by atoms with E-state index in [4.69, 9.17) is 0 Å². The number of amides is 1. The van der Waals surface area contributed by atoms with Crippen LogP contribution in [-0.2, 0) is 4.79 Å². The molecule has 92 valence electrons. The lowest BCUT2D eigenvalue weighted by Crippen LogP contribution is -2.37. The highest BCUT2D eigenvalue weighted by molar-refractivity contribution is 5.81. The lowest BCUT2D eigenvalue weighted by molar-refractivity contribution is -0.119. The number of hydrogen-bond donors (Lipinski definition) is 2. The topological polar surface area (TPSA) is 78.1 Å². The molecule has 1 amide bonds. The Morgan fingerprint density at radius 1 is 1.65 bits per heavy atom. The number of anilines is 1. The van der Waals surface area contributed by atoms with E-state index < -0.39 is 0 Å². The minimum Gasteiger partial charge on any atom is -0.352 e. The number of aromatic nitrogens is 2. The highest BCUT2D eigenvalue weighted by atomic mass is 16.2. The molecule has 0 aliphatic heterocycles. The second-order valence-electron chi connectivity index (χ2n) is 4.39. The molecular formula is C11H16N4O2. The maximum Gasteiger partial charge on any atom is 0.252 e. The van der Waals surface area contributed by atoms with E-state index in [9.17, 15) is 9.59 Å². The summed E-state index contributed by atoms with van der Waals surface area (Å²) in [5.41, 5.74) is -0.207. The number of nitrogens with one attached hydrogen (secondary N) is 2. The molecule has 17 heavy (non-hydrogen) atoms. The molecule has 2 N–H and O–H groups in total. The van der Waals surface area contributed by atoms with Crippen molar-refractivity contribution in [3.63, 3.8) is 0 Å². The zero-order valence-electron chi connectivity index (χ0n) is 9.99. The van der Waals surface area contributed by atoms with E-state index in [1.807, 2.05) is 0 Å². The molecule has 0 spiro atoms. The largest absolute Gasteiger partial charge is 0.352 e. The summed E-state index contributed by atoms with van der Waals surface area (Å²) in [5.74, 6) is 1.02. The molecule has 1 aromatic heterocycles. The summed E-state index contributed by atoms with van der Waals surface area (Å²) in [4.78, 5) is 31.3. The van der Waals surface area contributed by atoms with Crippen molar-refractivity contribution in [3.8, 4) is 0 Å². The molecule has 6 nitrogen and oxygen atoms in total. The maximum absolute atomic E-state index is 11.6. The van der Waals surface area contributed by atoms with Gasteiger partial charge in [-0.15, -0.1) is 0 Å². The van der Waals surface area contributed by atoms with Crippen LogP contribution in [0.25, 0.3) is 0 Å². The molecule has 0 saturated heterocycles. The number of carbonyl (C=O) groups is 1. The van der Waals surface area contributed by atoms with Gasteiger partial charge in [0.15, 0.2) is 0 Å². The highest BCUT2D eigenvalue weighted by Crippen LogP contribution is 2.18. The second kappa shape index (κ2) is 4.57. The third-order valence-electron chi connectivity index (χ3n) is 2.56. The first-order valence-electron chi connectivity index (χ1n) is 5.63. The second-order valence-corrected chi connectivity index (χ2v) is 4.39. The van der Waals surface area contributed by atoms with Gasteiger partial charge >= 0.3 is 0 Å². The van der Waals surface area contributed by atoms with Crippen molar-refractivity contribution in [2.75, 3.05) is 18.5 Å². The Hall–Kier alpha value is -1.85. The predicted octanol–water partition coefficient (Wildman–Crippen LogP) is -0.207. The van der Waals surface area contributed by atoms with Crippen molar-refractivity contribution in [2.45, 2.75) is 25.8 Å². The fourth-order valence-corrected chi connectivity index (χ4v) is 1.56. The van der Waals surface area contributed by atoms with E-state index in [0.29, 0.717) is 17.7 Å². The van der Waals surface area contributed by atoms with Crippen LogP contribution < -0.4 is 15.8 Å². The van der Waals surface area contributed by atoms with Crippen molar-refractivity contribution >= 4 is 11.7 Å². The monoisotopic (exact) mass is 236 g/mol. The fraction of sp³-hybridized carbons (Fsp3) is 0.545. The smallest absolute Gasteiger partial charge is 0.252 e. The number of aromatic amines is 1. The van der Waals surface area contributed by atoms with Gasteiger partial charge in [-0.25, -0.2) is 4.98 Å². The summed E-state index contributed by atoms with van der Waals surface area (Å²) in [6.07, 6.45) is 2.13.